The number of aromatic nitrogens is 1. The molecule has 0 radical (unpaired) electrons. The van der Waals surface area contributed by atoms with Gasteiger partial charge in [0.05, 0.1) is 5.92 Å². The SMILES string of the molecule is Cc1cc(NC(=O)[C@H](OC(=O)C2C[C@H]3CCC[C@@H](C2)C3=O)c2ccccc2)no1. The Morgan fingerprint density at radius 1 is 1.17 bits per heavy atom. The number of rotatable bonds is 5. The van der Waals surface area contributed by atoms with E-state index >= 15 is 0 Å². The quantitative estimate of drug-likeness (QED) is 0.776. The fourth-order valence-corrected chi connectivity index (χ4v) is 4.40. The van der Waals surface area contributed by atoms with Crippen LogP contribution in [-0.2, 0) is 19.1 Å². The standard InChI is InChI=1S/C22H24N2O5/c1-13-10-18(24-29-13)23-21(26)20(14-6-3-2-4-7-14)28-22(27)17-11-15-8-5-9-16(12-17)19(15)25/h2-4,6-7,10,15-17,20H,5,8-9,11-12H2,1H3,(H,23,24,26)/t15-,16+,17?,20-/m1/s1. The van der Waals surface area contributed by atoms with E-state index in [2.05, 4.69) is 10.5 Å². The van der Waals surface area contributed by atoms with Crippen molar-refractivity contribution in [2.75, 3.05) is 5.32 Å². The summed E-state index contributed by atoms with van der Waals surface area (Å²) in [5.74, 6) is -0.256. The highest BCUT2D eigenvalue weighted by Crippen LogP contribution is 2.41. The maximum absolute atomic E-state index is 12.9. The molecule has 0 aliphatic heterocycles. The topological polar surface area (TPSA) is 98.5 Å². The minimum atomic E-state index is -1.10. The highest BCUT2D eigenvalue weighted by molar-refractivity contribution is 5.95. The number of ketones is 1. The zero-order valence-corrected chi connectivity index (χ0v) is 16.3. The van der Waals surface area contributed by atoms with Crippen LogP contribution in [0, 0.1) is 24.7 Å². The maximum Gasteiger partial charge on any atom is 0.310 e. The van der Waals surface area contributed by atoms with Gasteiger partial charge in [0, 0.05) is 23.5 Å². The summed E-state index contributed by atoms with van der Waals surface area (Å²) < 4.78 is 10.7. The second-order valence-corrected chi connectivity index (χ2v) is 7.94. The number of anilines is 1. The molecule has 0 saturated heterocycles. The van der Waals surface area contributed by atoms with Crippen LogP contribution in [0.1, 0.15) is 49.5 Å². The van der Waals surface area contributed by atoms with Crippen LogP contribution >= 0.6 is 0 Å². The molecule has 7 nitrogen and oxygen atoms in total. The number of Topliss-reactive ketones (excluding diaryl/α,β-unsaturated/α-hetero) is 1. The first-order valence-electron chi connectivity index (χ1n) is 10.0. The van der Waals surface area contributed by atoms with Gasteiger partial charge in [-0.3, -0.25) is 14.4 Å². The van der Waals surface area contributed by atoms with Gasteiger partial charge < -0.3 is 14.6 Å². The molecule has 0 spiro atoms. The largest absolute Gasteiger partial charge is 0.447 e. The van der Waals surface area contributed by atoms with Crippen LogP contribution in [0.3, 0.4) is 0 Å². The van der Waals surface area contributed by atoms with E-state index in [4.69, 9.17) is 9.26 Å². The third-order valence-electron chi connectivity index (χ3n) is 5.84. The molecule has 4 rings (SSSR count). The van der Waals surface area contributed by atoms with E-state index in [0.29, 0.717) is 29.9 Å². The molecule has 1 aromatic heterocycles. The first kappa shape index (κ1) is 19.4. The normalized spacial score (nSPS) is 24.6. The van der Waals surface area contributed by atoms with Crippen LogP contribution in [-0.4, -0.2) is 22.8 Å². The van der Waals surface area contributed by atoms with Crippen molar-refractivity contribution >= 4 is 23.5 Å². The fraction of sp³-hybridized carbons (Fsp3) is 0.455. The molecule has 1 aromatic carbocycles. The third-order valence-corrected chi connectivity index (χ3v) is 5.84. The van der Waals surface area contributed by atoms with Gasteiger partial charge in [-0.05, 0) is 32.6 Å². The highest BCUT2D eigenvalue weighted by atomic mass is 16.5. The number of amides is 1. The summed E-state index contributed by atoms with van der Waals surface area (Å²) >= 11 is 0. The molecular weight excluding hydrogens is 372 g/mol. The lowest BCUT2D eigenvalue weighted by molar-refractivity contribution is -0.162. The lowest BCUT2D eigenvalue weighted by Gasteiger charge is -2.36. The van der Waals surface area contributed by atoms with Crippen molar-refractivity contribution in [3.05, 3.63) is 47.7 Å². The van der Waals surface area contributed by atoms with Crippen LogP contribution in [0.2, 0.25) is 0 Å². The second kappa shape index (κ2) is 8.19. The summed E-state index contributed by atoms with van der Waals surface area (Å²) in [6.07, 6.45) is 2.65. The van der Waals surface area contributed by atoms with Crippen molar-refractivity contribution in [3.8, 4) is 0 Å². The minimum absolute atomic E-state index is 0.0536. The molecule has 152 valence electrons. The number of hydrogen-bond acceptors (Lipinski definition) is 6. The molecule has 29 heavy (non-hydrogen) atoms. The Morgan fingerprint density at radius 2 is 1.86 bits per heavy atom. The van der Waals surface area contributed by atoms with Crippen molar-refractivity contribution in [3.63, 3.8) is 0 Å². The number of aryl methyl sites for hydroxylation is 1. The van der Waals surface area contributed by atoms with Gasteiger partial charge in [0.1, 0.15) is 11.5 Å². The first-order valence-corrected chi connectivity index (χ1v) is 10.0. The van der Waals surface area contributed by atoms with Gasteiger partial charge in [-0.1, -0.05) is 41.9 Å². The van der Waals surface area contributed by atoms with Crippen molar-refractivity contribution in [1.29, 1.82) is 0 Å². The summed E-state index contributed by atoms with van der Waals surface area (Å²) in [5.41, 5.74) is 0.575. The Bertz CT molecular complexity index is 891. The van der Waals surface area contributed by atoms with Crippen LogP contribution in [0.5, 0.6) is 0 Å². The summed E-state index contributed by atoms with van der Waals surface area (Å²) in [5, 5.41) is 6.40. The minimum Gasteiger partial charge on any atom is -0.447 e. The van der Waals surface area contributed by atoms with E-state index in [1.54, 1.807) is 37.3 Å². The molecule has 2 fully saturated rings. The van der Waals surface area contributed by atoms with Gasteiger partial charge in [-0.25, -0.2) is 0 Å². The molecule has 2 bridgehead atoms. The molecule has 1 N–H and O–H groups in total. The van der Waals surface area contributed by atoms with Gasteiger partial charge in [-0.2, -0.15) is 0 Å². The zero-order chi connectivity index (χ0) is 20.4. The van der Waals surface area contributed by atoms with E-state index in [0.717, 1.165) is 19.3 Å². The number of ether oxygens (including phenoxy) is 1. The molecule has 1 heterocycles. The number of benzene rings is 1. The third kappa shape index (κ3) is 4.23. The fourth-order valence-electron chi connectivity index (χ4n) is 4.40. The van der Waals surface area contributed by atoms with Gasteiger partial charge in [0.25, 0.3) is 5.91 Å². The molecular formula is C22H24N2O5. The van der Waals surface area contributed by atoms with E-state index in [1.807, 2.05) is 6.07 Å². The Kier molecular flexibility index (Phi) is 5.47. The average molecular weight is 396 g/mol. The summed E-state index contributed by atoms with van der Waals surface area (Å²) in [6, 6.07) is 10.5. The lowest BCUT2D eigenvalue weighted by atomic mass is 9.67. The lowest BCUT2D eigenvalue weighted by Crippen LogP contribution is -2.40. The molecule has 2 saturated carbocycles. The Hall–Kier alpha value is -2.96. The van der Waals surface area contributed by atoms with Gasteiger partial charge >= 0.3 is 5.97 Å². The van der Waals surface area contributed by atoms with Crippen molar-refractivity contribution in [1.82, 2.24) is 5.16 Å². The molecule has 2 aromatic rings. The average Bonchev–Trinajstić information content (AvgIpc) is 3.11. The molecule has 7 heteroatoms. The number of carbonyl (C=O) groups excluding carboxylic acids is 3. The smallest absolute Gasteiger partial charge is 0.310 e. The van der Waals surface area contributed by atoms with Gasteiger partial charge in [0.15, 0.2) is 5.82 Å². The van der Waals surface area contributed by atoms with Gasteiger partial charge in [-0.15, -0.1) is 0 Å². The second-order valence-electron chi connectivity index (χ2n) is 7.94. The van der Waals surface area contributed by atoms with Gasteiger partial charge in [0.2, 0.25) is 6.10 Å². The number of nitrogens with zero attached hydrogens (tertiary/aromatic N) is 1. The number of nitrogens with one attached hydrogen (secondary N) is 1. The van der Waals surface area contributed by atoms with E-state index in [-0.39, 0.29) is 23.6 Å². The predicted octanol–water partition coefficient (Wildman–Crippen LogP) is 3.60. The maximum atomic E-state index is 12.9. The Balaban J connectivity index is 1.50. The van der Waals surface area contributed by atoms with Crippen LogP contribution < -0.4 is 5.32 Å². The summed E-state index contributed by atoms with van der Waals surface area (Å²) in [4.78, 5) is 38.1. The predicted molar refractivity (Wildman–Crippen MR) is 104 cm³/mol. The van der Waals surface area contributed by atoms with Crippen LogP contribution in [0.4, 0.5) is 5.82 Å². The van der Waals surface area contributed by atoms with E-state index in [9.17, 15) is 14.4 Å². The number of hydrogen-bond donors (Lipinski definition) is 1. The van der Waals surface area contributed by atoms with Crippen LogP contribution in [0.15, 0.2) is 40.9 Å². The molecule has 1 amide bonds. The van der Waals surface area contributed by atoms with Crippen molar-refractivity contribution in [2.45, 2.75) is 45.1 Å². The molecule has 4 atom stereocenters. The van der Waals surface area contributed by atoms with E-state index in [1.165, 1.54) is 0 Å². The zero-order valence-electron chi connectivity index (χ0n) is 16.3. The van der Waals surface area contributed by atoms with Crippen molar-refractivity contribution in [2.24, 2.45) is 17.8 Å². The summed E-state index contributed by atoms with van der Waals surface area (Å²) in [7, 11) is 0. The molecule has 2 aliphatic carbocycles. The number of carbonyl (C=O) groups is 3. The first-order chi connectivity index (χ1) is 14.0. The monoisotopic (exact) mass is 396 g/mol. The van der Waals surface area contributed by atoms with Crippen molar-refractivity contribution < 1.29 is 23.6 Å². The summed E-state index contributed by atoms with van der Waals surface area (Å²) in [6.45, 7) is 1.72. The van der Waals surface area contributed by atoms with E-state index < -0.39 is 18.0 Å². The number of fused-ring (bicyclic) bond motifs is 2. The highest BCUT2D eigenvalue weighted by Gasteiger charge is 2.42. The Morgan fingerprint density at radius 3 is 2.48 bits per heavy atom. The van der Waals surface area contributed by atoms with Crippen LogP contribution in [0.25, 0.3) is 0 Å². The molecule has 1 unspecified atom stereocenters. The number of esters is 1. The Labute approximate surface area is 168 Å². The molecule has 2 aliphatic rings.